The van der Waals surface area contributed by atoms with Crippen LogP contribution in [0.2, 0.25) is 0 Å². The van der Waals surface area contributed by atoms with Gasteiger partial charge in [0.25, 0.3) is 0 Å². The van der Waals surface area contributed by atoms with E-state index in [0.29, 0.717) is 0 Å². The molecule has 0 saturated heterocycles. The molecule has 0 aliphatic heterocycles. The Labute approximate surface area is 99.4 Å². The molecule has 0 rings (SSSR count). The smallest absolute Gasteiger partial charge is 0.0689 e. The molecule has 0 aliphatic carbocycles. The van der Waals surface area contributed by atoms with E-state index in [1.165, 1.54) is 0 Å². The Balaban J connectivity index is -0.00000000125. The number of hydrogen-bond donors (Lipinski definition) is 6. The maximum absolute atomic E-state index is 8.25. The van der Waals surface area contributed by atoms with E-state index in [1.54, 1.807) is 0 Å². The summed E-state index contributed by atoms with van der Waals surface area (Å²) >= 11 is 0. The van der Waals surface area contributed by atoms with Gasteiger partial charge >= 0.3 is 0 Å². The maximum atomic E-state index is 8.25. The monoisotopic (exact) mass is 434 g/mol. The molecule has 0 aromatic heterocycles. The molecule has 0 aromatic carbocycles. The molecule has 0 atom stereocenters. The first-order valence-corrected chi connectivity index (χ1v) is 0.548. The number of hydrogen-bond acceptors (Lipinski definition) is 9. The largest absolute Gasteiger partial charge is 2.00 e. The van der Waals surface area contributed by atoms with Gasteiger partial charge in [0.2, 0.25) is 0 Å². The maximum Gasteiger partial charge on any atom is 0.0689 e. The zero-order valence-electron chi connectivity index (χ0n) is 7.23. The molecule has 0 bridgehead atoms. The number of rotatable bonds is 0. The molecule has 0 aromatic rings. The van der Waals surface area contributed by atoms with Crippen LogP contribution in [0.5, 0.6) is 0 Å². The molecule has 0 spiro atoms. The Morgan fingerprint density at radius 1 is 0.692 bits per heavy atom. The van der Waals surface area contributed by atoms with Crippen LogP contribution in [0.25, 0.3) is 0 Å². The van der Waals surface area contributed by atoms with Crippen LogP contribution < -0.4 is 36.9 Å². The van der Waals surface area contributed by atoms with Crippen molar-refractivity contribution in [1.82, 2.24) is 36.9 Å². The summed E-state index contributed by atoms with van der Waals surface area (Å²) in [6.45, 7) is 0. The number of nitrogens with zero attached hydrogens (tertiary/aromatic N) is 1. The molecular formula is H18N7O5U-5. The third kappa shape index (κ3) is 254000. The molecular weight excluding hydrogens is 416 g/mol. The minimum absolute atomic E-state index is 0. The first-order valence-electron chi connectivity index (χ1n) is 0.548. The second kappa shape index (κ2) is 166. The molecule has 12 nitrogen and oxygen atoms in total. The van der Waals surface area contributed by atoms with Crippen molar-refractivity contribution in [3.05, 3.63) is 15.3 Å². The van der Waals surface area contributed by atoms with Gasteiger partial charge in [0.15, 0.2) is 0 Å². The van der Waals surface area contributed by atoms with Crippen molar-refractivity contribution in [2.24, 2.45) is 0 Å². The summed E-state index contributed by atoms with van der Waals surface area (Å²) in [5, 5.41) is 14.8. The van der Waals surface area contributed by atoms with Crippen molar-refractivity contribution in [2.75, 3.05) is 0 Å². The van der Waals surface area contributed by atoms with E-state index in [9.17, 15) is 0 Å². The zero-order chi connectivity index (χ0) is 3.58. The molecule has 0 fully saturated rings. The Bertz CT molecular complexity index is 39.9. The molecule has 0 heterocycles. The van der Waals surface area contributed by atoms with E-state index in [-0.39, 0.29) is 79.0 Å². The summed E-state index contributed by atoms with van der Waals surface area (Å²) < 4.78 is 0. The van der Waals surface area contributed by atoms with Crippen molar-refractivity contribution in [3.63, 3.8) is 0 Å². The average molecular weight is 434 g/mol. The molecule has 18 N–H and O–H groups in total. The summed E-state index contributed by atoms with van der Waals surface area (Å²) in [7, 11) is 0. The fourth-order valence-electron chi connectivity index (χ4n) is 0. The van der Waals surface area contributed by atoms with Crippen LogP contribution in [-0.4, -0.2) is 5.09 Å². The van der Waals surface area contributed by atoms with Gasteiger partial charge in [-0.1, -0.05) is 0 Å². The van der Waals surface area contributed by atoms with Gasteiger partial charge in [-0.3, -0.25) is 0 Å². The molecule has 13 heavy (non-hydrogen) atoms. The van der Waals surface area contributed by atoms with Crippen LogP contribution in [0.1, 0.15) is 0 Å². The molecule has 13 heteroatoms. The molecule has 92 valence electrons. The van der Waals surface area contributed by atoms with Gasteiger partial charge in [0, 0.05) is 31.1 Å². The quantitative estimate of drug-likeness (QED) is 0.228. The Morgan fingerprint density at radius 3 is 0.692 bits per heavy atom. The van der Waals surface area contributed by atoms with E-state index in [2.05, 4.69) is 0 Å². The molecule has 0 aliphatic rings. The predicted molar refractivity (Wildman–Crippen MR) is 41.9 cm³/mol. The van der Waals surface area contributed by atoms with Crippen LogP contribution in [0, 0.1) is 46.4 Å². The third-order valence-electron chi connectivity index (χ3n) is 0. The van der Waals surface area contributed by atoms with E-state index in [1.807, 2.05) is 0 Å². The summed E-state index contributed by atoms with van der Waals surface area (Å²) in [5.74, 6) is 0. The first kappa shape index (κ1) is 214. The minimum atomic E-state index is -1.75. The van der Waals surface area contributed by atoms with Gasteiger partial charge in [0.05, 0.1) is 5.09 Å². The SMILES string of the molecule is N.N.N.N.N.N.O=[N+]([O-])[O-].[O-2].[O-2].[U]. The van der Waals surface area contributed by atoms with Crippen LogP contribution >= 0.6 is 0 Å². The fourth-order valence-corrected chi connectivity index (χ4v) is 0. The van der Waals surface area contributed by atoms with Gasteiger partial charge in [-0.2, -0.15) is 0 Å². The standard InChI is InChI=1S/NO3.6H3N.2O.U/c2-1(3)4;;;;;;;;;/h;6*1H3;;;/q-1;;;;;;;2*-2;. The fraction of sp³-hybridized carbons (Fsp3) is 0. The first-order chi connectivity index (χ1) is 1.73. The van der Waals surface area contributed by atoms with E-state index < -0.39 is 5.09 Å². The van der Waals surface area contributed by atoms with Gasteiger partial charge < -0.3 is 63.2 Å². The van der Waals surface area contributed by atoms with Gasteiger partial charge in [-0.05, 0) is 0 Å². The van der Waals surface area contributed by atoms with E-state index >= 15 is 0 Å². The molecule has 0 unspecified atom stereocenters. The second-order valence-electron chi connectivity index (χ2n) is 0.224. The van der Waals surface area contributed by atoms with Crippen molar-refractivity contribution < 1.29 is 47.2 Å². The summed E-state index contributed by atoms with van der Waals surface area (Å²) in [5.41, 5.74) is 0. The van der Waals surface area contributed by atoms with Crippen LogP contribution in [0.4, 0.5) is 0 Å². The third-order valence-corrected chi connectivity index (χ3v) is 0. The van der Waals surface area contributed by atoms with Gasteiger partial charge in [0.1, 0.15) is 0 Å². The van der Waals surface area contributed by atoms with Crippen LogP contribution in [-0.2, 0) is 11.0 Å². The topological polar surface area (TPSA) is 333 Å². The molecule has 0 saturated carbocycles. The summed E-state index contributed by atoms with van der Waals surface area (Å²) in [6.07, 6.45) is 0. The average Bonchev–Trinajstić information content (AvgIpc) is 0.811. The van der Waals surface area contributed by atoms with Crippen molar-refractivity contribution in [3.8, 4) is 0 Å². The predicted octanol–water partition coefficient (Wildman–Crippen LogP) is 0.495. The van der Waals surface area contributed by atoms with Crippen molar-refractivity contribution in [1.29, 1.82) is 0 Å². The summed E-state index contributed by atoms with van der Waals surface area (Å²) in [6, 6.07) is 0. The van der Waals surface area contributed by atoms with E-state index in [4.69, 9.17) is 15.3 Å². The Hall–Kier alpha value is -0.0681. The Morgan fingerprint density at radius 2 is 0.692 bits per heavy atom. The zero-order valence-corrected chi connectivity index (χ0v) is 11.4. The minimum Gasteiger partial charge on any atom is -2.00 e. The summed E-state index contributed by atoms with van der Waals surface area (Å²) in [4.78, 5) is 8.25. The molecule has 0 amide bonds. The van der Waals surface area contributed by atoms with Crippen LogP contribution in [0.3, 0.4) is 0 Å². The van der Waals surface area contributed by atoms with Gasteiger partial charge in [-0.15, -0.1) is 0 Å². The second-order valence-corrected chi connectivity index (χ2v) is 0.224. The molecule has 0 radical (unpaired) electrons. The normalized spacial score (nSPS) is 1.85. The Kier molecular flexibility index (Phi) is 2730. The van der Waals surface area contributed by atoms with Crippen molar-refractivity contribution in [2.45, 2.75) is 0 Å². The van der Waals surface area contributed by atoms with E-state index in [0.717, 1.165) is 0 Å². The van der Waals surface area contributed by atoms with Gasteiger partial charge in [-0.25, -0.2) is 0 Å². The van der Waals surface area contributed by atoms with Crippen LogP contribution in [0.15, 0.2) is 0 Å². The van der Waals surface area contributed by atoms with Crippen molar-refractivity contribution >= 4 is 0 Å².